The molecule has 8 nitrogen and oxygen atoms in total. The van der Waals surface area contributed by atoms with E-state index in [1.165, 1.54) is 15.9 Å². The number of likely N-dealkylation sites (N-methyl/N-ethyl adjacent to an activating group) is 1. The number of amides is 2. The summed E-state index contributed by atoms with van der Waals surface area (Å²) >= 11 is 0. The molecule has 138 valence electrons. The first-order chi connectivity index (χ1) is 13.0. The topological polar surface area (TPSA) is 93.0 Å². The number of hydrogen-bond acceptors (Lipinski definition) is 5. The highest BCUT2D eigenvalue weighted by Crippen LogP contribution is 2.18. The van der Waals surface area contributed by atoms with Gasteiger partial charge in [-0.2, -0.15) is 0 Å². The number of carbonyl (C=O) groups is 2. The van der Waals surface area contributed by atoms with Crippen LogP contribution in [0.4, 0.5) is 5.69 Å². The third kappa shape index (κ3) is 4.17. The normalized spacial score (nSPS) is 10.5. The Morgan fingerprint density at radius 1 is 1.15 bits per heavy atom. The highest BCUT2D eigenvalue weighted by Gasteiger charge is 2.16. The molecule has 0 bridgehead atoms. The van der Waals surface area contributed by atoms with Crippen molar-refractivity contribution in [2.75, 3.05) is 18.9 Å². The van der Waals surface area contributed by atoms with Crippen molar-refractivity contribution in [1.82, 2.24) is 25.1 Å². The molecule has 3 aromatic rings. The summed E-state index contributed by atoms with van der Waals surface area (Å²) < 4.78 is 1.46. The summed E-state index contributed by atoms with van der Waals surface area (Å²) in [6.07, 6.45) is 1.45. The SMILES string of the molecule is Cc1cccc(NC(=O)CN(C)C(=O)c2cccc(-n3cnnn3)c2)c1C. The van der Waals surface area contributed by atoms with Crippen LogP contribution in [0.15, 0.2) is 48.8 Å². The molecule has 0 radical (unpaired) electrons. The number of carbonyl (C=O) groups excluding carboxylic acids is 2. The molecule has 27 heavy (non-hydrogen) atoms. The van der Waals surface area contributed by atoms with E-state index < -0.39 is 0 Å². The number of rotatable bonds is 5. The van der Waals surface area contributed by atoms with Crippen LogP contribution in [0.3, 0.4) is 0 Å². The molecule has 0 unspecified atom stereocenters. The molecule has 0 saturated heterocycles. The number of aromatic nitrogens is 4. The van der Waals surface area contributed by atoms with E-state index in [2.05, 4.69) is 20.8 Å². The Bertz CT molecular complexity index is 968. The predicted molar refractivity (Wildman–Crippen MR) is 101 cm³/mol. The maximum absolute atomic E-state index is 12.7. The fourth-order valence-corrected chi connectivity index (χ4v) is 2.64. The first kappa shape index (κ1) is 18.2. The predicted octanol–water partition coefficient (Wildman–Crippen LogP) is 1.99. The molecular weight excluding hydrogens is 344 g/mol. The average Bonchev–Trinajstić information content (AvgIpc) is 3.19. The van der Waals surface area contributed by atoms with Crippen LogP contribution >= 0.6 is 0 Å². The lowest BCUT2D eigenvalue weighted by Crippen LogP contribution is -2.35. The van der Waals surface area contributed by atoms with E-state index >= 15 is 0 Å². The van der Waals surface area contributed by atoms with Gasteiger partial charge in [-0.1, -0.05) is 18.2 Å². The molecule has 1 heterocycles. The van der Waals surface area contributed by atoms with Crippen molar-refractivity contribution in [3.05, 3.63) is 65.5 Å². The number of nitrogens with zero attached hydrogens (tertiary/aromatic N) is 5. The van der Waals surface area contributed by atoms with Crippen molar-refractivity contribution in [3.8, 4) is 5.69 Å². The highest BCUT2D eigenvalue weighted by molar-refractivity contribution is 5.99. The molecule has 1 aromatic heterocycles. The first-order valence-electron chi connectivity index (χ1n) is 8.40. The Morgan fingerprint density at radius 3 is 2.67 bits per heavy atom. The molecule has 0 aliphatic carbocycles. The second-order valence-electron chi connectivity index (χ2n) is 6.26. The molecule has 2 aromatic carbocycles. The van der Waals surface area contributed by atoms with Crippen molar-refractivity contribution in [1.29, 1.82) is 0 Å². The van der Waals surface area contributed by atoms with E-state index in [9.17, 15) is 9.59 Å². The van der Waals surface area contributed by atoms with Gasteiger partial charge in [-0.15, -0.1) is 5.10 Å². The van der Waals surface area contributed by atoms with Crippen LogP contribution in [-0.4, -0.2) is 50.5 Å². The standard InChI is InChI=1S/C19H20N6O2/c1-13-6-4-9-17(14(13)2)21-18(26)11-24(3)19(27)15-7-5-8-16(10-15)25-12-20-22-23-25/h4-10,12H,11H2,1-3H3,(H,21,26). The van der Waals surface area contributed by atoms with Crippen LogP contribution in [0.1, 0.15) is 21.5 Å². The second-order valence-corrected chi connectivity index (χ2v) is 6.26. The molecule has 0 spiro atoms. The number of benzene rings is 2. The zero-order chi connectivity index (χ0) is 19.4. The lowest BCUT2D eigenvalue weighted by Gasteiger charge is -2.18. The van der Waals surface area contributed by atoms with Crippen LogP contribution in [0.25, 0.3) is 5.69 Å². The Kier molecular flexibility index (Phi) is 5.25. The van der Waals surface area contributed by atoms with Gasteiger partial charge < -0.3 is 10.2 Å². The van der Waals surface area contributed by atoms with Gasteiger partial charge >= 0.3 is 0 Å². The minimum Gasteiger partial charge on any atom is -0.332 e. The fraction of sp³-hybridized carbons (Fsp3) is 0.211. The van der Waals surface area contributed by atoms with Gasteiger partial charge in [-0.25, -0.2) is 4.68 Å². The minimum absolute atomic E-state index is 0.0542. The van der Waals surface area contributed by atoms with E-state index in [0.29, 0.717) is 11.3 Å². The zero-order valence-electron chi connectivity index (χ0n) is 15.4. The van der Waals surface area contributed by atoms with Gasteiger partial charge in [-0.05, 0) is 59.7 Å². The number of nitrogens with one attached hydrogen (secondary N) is 1. The lowest BCUT2D eigenvalue weighted by molar-refractivity contribution is -0.116. The summed E-state index contributed by atoms with van der Waals surface area (Å²) in [7, 11) is 1.59. The summed E-state index contributed by atoms with van der Waals surface area (Å²) in [6.45, 7) is 3.88. The van der Waals surface area contributed by atoms with Gasteiger partial charge in [-0.3, -0.25) is 9.59 Å². The van der Waals surface area contributed by atoms with Gasteiger partial charge in [0.25, 0.3) is 5.91 Å². The number of tetrazole rings is 1. The van der Waals surface area contributed by atoms with Crippen LogP contribution in [0.2, 0.25) is 0 Å². The van der Waals surface area contributed by atoms with Crippen molar-refractivity contribution in [3.63, 3.8) is 0 Å². The average molecular weight is 364 g/mol. The Morgan fingerprint density at radius 2 is 1.93 bits per heavy atom. The van der Waals surface area contributed by atoms with E-state index in [0.717, 1.165) is 16.8 Å². The maximum atomic E-state index is 12.7. The summed E-state index contributed by atoms with van der Waals surface area (Å²) in [5, 5.41) is 13.8. The van der Waals surface area contributed by atoms with Gasteiger partial charge in [0.15, 0.2) is 0 Å². The quantitative estimate of drug-likeness (QED) is 0.747. The molecule has 0 saturated carbocycles. The molecule has 1 N–H and O–H groups in total. The summed E-state index contributed by atoms with van der Waals surface area (Å²) in [5.74, 6) is -0.516. The van der Waals surface area contributed by atoms with E-state index in [4.69, 9.17) is 0 Å². The Hall–Kier alpha value is -3.55. The fourth-order valence-electron chi connectivity index (χ4n) is 2.64. The van der Waals surface area contributed by atoms with E-state index in [-0.39, 0.29) is 18.4 Å². The lowest BCUT2D eigenvalue weighted by atomic mass is 10.1. The Balaban J connectivity index is 1.68. The van der Waals surface area contributed by atoms with Crippen LogP contribution in [0.5, 0.6) is 0 Å². The van der Waals surface area contributed by atoms with Crippen molar-refractivity contribution in [2.24, 2.45) is 0 Å². The maximum Gasteiger partial charge on any atom is 0.254 e. The third-order valence-electron chi connectivity index (χ3n) is 4.31. The zero-order valence-corrected chi connectivity index (χ0v) is 15.4. The summed E-state index contributed by atoms with van der Waals surface area (Å²) in [5.41, 5.74) is 3.97. The molecule has 0 aliphatic rings. The van der Waals surface area contributed by atoms with Crippen LogP contribution in [-0.2, 0) is 4.79 Å². The van der Waals surface area contributed by atoms with Gasteiger partial charge in [0.2, 0.25) is 5.91 Å². The Labute approximate surface area is 156 Å². The second kappa shape index (κ2) is 7.77. The monoisotopic (exact) mass is 364 g/mol. The van der Waals surface area contributed by atoms with Crippen molar-refractivity contribution < 1.29 is 9.59 Å². The number of hydrogen-bond donors (Lipinski definition) is 1. The molecule has 3 rings (SSSR count). The van der Waals surface area contributed by atoms with Gasteiger partial charge in [0.05, 0.1) is 12.2 Å². The highest BCUT2D eigenvalue weighted by atomic mass is 16.2. The van der Waals surface area contributed by atoms with Crippen LogP contribution < -0.4 is 5.32 Å². The van der Waals surface area contributed by atoms with Crippen LogP contribution in [0, 0.1) is 13.8 Å². The van der Waals surface area contributed by atoms with E-state index in [1.807, 2.05) is 32.0 Å². The number of anilines is 1. The summed E-state index contributed by atoms with van der Waals surface area (Å²) in [6, 6.07) is 12.6. The molecule has 0 aliphatic heterocycles. The van der Waals surface area contributed by atoms with Crippen molar-refractivity contribution >= 4 is 17.5 Å². The first-order valence-corrected chi connectivity index (χ1v) is 8.40. The molecule has 8 heteroatoms. The van der Waals surface area contributed by atoms with E-state index in [1.54, 1.807) is 31.3 Å². The third-order valence-corrected chi connectivity index (χ3v) is 4.31. The minimum atomic E-state index is -0.263. The van der Waals surface area contributed by atoms with Gasteiger partial charge in [0, 0.05) is 18.3 Å². The van der Waals surface area contributed by atoms with Crippen molar-refractivity contribution in [2.45, 2.75) is 13.8 Å². The largest absolute Gasteiger partial charge is 0.332 e. The molecule has 0 atom stereocenters. The molecular formula is C19H20N6O2. The smallest absolute Gasteiger partial charge is 0.254 e. The molecule has 2 amide bonds. The number of aryl methyl sites for hydroxylation is 1. The van der Waals surface area contributed by atoms with Gasteiger partial charge in [0.1, 0.15) is 6.33 Å². The summed E-state index contributed by atoms with van der Waals surface area (Å²) in [4.78, 5) is 26.4. The molecule has 0 fully saturated rings.